The molecule has 1 heterocycles. The van der Waals surface area contributed by atoms with Crippen LogP contribution in [0.2, 0.25) is 0 Å². The number of sulfonamides is 1. The quantitative estimate of drug-likeness (QED) is 0.609. The third-order valence-electron chi connectivity index (χ3n) is 7.19. The fourth-order valence-corrected chi connectivity index (χ4v) is 6.67. The Labute approximate surface area is 201 Å². The van der Waals surface area contributed by atoms with Crippen LogP contribution in [-0.2, 0) is 26.0 Å². The summed E-state index contributed by atoms with van der Waals surface area (Å²) < 4.78 is 27.1. The number of amides is 2. The third-order valence-corrected chi connectivity index (χ3v) is 9.10. The highest BCUT2D eigenvalue weighted by Gasteiger charge is 2.40. The van der Waals surface area contributed by atoms with Crippen molar-refractivity contribution in [2.24, 2.45) is 0 Å². The van der Waals surface area contributed by atoms with Gasteiger partial charge in [-0.3, -0.25) is 9.59 Å². The van der Waals surface area contributed by atoms with E-state index in [9.17, 15) is 18.0 Å². The molecule has 7 nitrogen and oxygen atoms in total. The molecule has 0 bridgehead atoms. The van der Waals surface area contributed by atoms with Crippen molar-refractivity contribution in [3.8, 4) is 0 Å². The van der Waals surface area contributed by atoms with Crippen LogP contribution < -0.4 is 0 Å². The molecule has 2 amide bonds. The summed E-state index contributed by atoms with van der Waals surface area (Å²) in [5.41, 5.74) is 2.58. The summed E-state index contributed by atoms with van der Waals surface area (Å²) in [5.74, 6) is -0.0180. The maximum Gasteiger partial charge on any atom is 0.243 e. The van der Waals surface area contributed by atoms with Crippen LogP contribution in [0.1, 0.15) is 49.3 Å². The maximum absolute atomic E-state index is 13.2. The highest BCUT2D eigenvalue weighted by molar-refractivity contribution is 7.89. The summed E-state index contributed by atoms with van der Waals surface area (Å²) in [7, 11) is -3.55. The predicted octanol–water partition coefficient (Wildman–Crippen LogP) is 2.98. The summed E-state index contributed by atoms with van der Waals surface area (Å²) in [6, 6.07) is 17.2. The molecule has 180 valence electrons. The molecule has 8 heteroatoms. The Hall–Kier alpha value is -2.71. The van der Waals surface area contributed by atoms with Gasteiger partial charge in [0.2, 0.25) is 21.8 Å². The summed E-state index contributed by atoms with van der Waals surface area (Å²) in [6.07, 6.45) is 4.39. The van der Waals surface area contributed by atoms with Crippen LogP contribution in [0.5, 0.6) is 0 Å². The minimum absolute atomic E-state index is 0.0582. The molecule has 0 N–H and O–H groups in total. The largest absolute Gasteiger partial charge is 0.340 e. The Balaban J connectivity index is 1.16. The minimum Gasteiger partial charge on any atom is -0.340 e. The van der Waals surface area contributed by atoms with Gasteiger partial charge in [-0.2, -0.15) is 4.31 Å². The minimum atomic E-state index is -3.55. The number of carbonyl (C=O) groups is 2. The SMILES string of the molecule is O=C(CCC(=O)N(C1CC1)C1CCc2ccccc21)N1CCN(S(=O)(=O)c2ccccc2)CC1. The molecule has 1 saturated carbocycles. The van der Waals surface area contributed by atoms with E-state index < -0.39 is 10.0 Å². The lowest BCUT2D eigenvalue weighted by atomic mass is 10.1. The van der Waals surface area contributed by atoms with Crippen LogP contribution in [-0.4, -0.2) is 66.6 Å². The molecular formula is C26H31N3O4S. The second-order valence-electron chi connectivity index (χ2n) is 9.38. The molecule has 0 spiro atoms. The van der Waals surface area contributed by atoms with Crippen LogP contribution in [0.4, 0.5) is 0 Å². The second-order valence-corrected chi connectivity index (χ2v) is 11.3. The molecule has 0 radical (unpaired) electrons. The van der Waals surface area contributed by atoms with Gasteiger partial charge in [-0.05, 0) is 48.9 Å². The second kappa shape index (κ2) is 9.50. The van der Waals surface area contributed by atoms with Gasteiger partial charge in [-0.1, -0.05) is 42.5 Å². The molecule has 1 aliphatic heterocycles. The molecule has 2 fully saturated rings. The van der Waals surface area contributed by atoms with Crippen molar-refractivity contribution in [2.45, 2.75) is 55.5 Å². The van der Waals surface area contributed by atoms with E-state index in [1.165, 1.54) is 15.4 Å². The lowest BCUT2D eigenvalue weighted by Gasteiger charge is -2.34. The van der Waals surface area contributed by atoms with E-state index in [2.05, 4.69) is 12.1 Å². The number of hydrogen-bond donors (Lipinski definition) is 0. The lowest BCUT2D eigenvalue weighted by molar-refractivity contribution is -0.139. The summed E-state index contributed by atoms with van der Waals surface area (Å²) in [4.78, 5) is 30.1. The Bertz CT molecular complexity index is 1160. The number of nitrogens with zero attached hydrogens (tertiary/aromatic N) is 3. The Morgan fingerprint density at radius 2 is 1.53 bits per heavy atom. The van der Waals surface area contributed by atoms with Crippen molar-refractivity contribution in [3.63, 3.8) is 0 Å². The molecule has 3 aliphatic rings. The smallest absolute Gasteiger partial charge is 0.243 e. The molecule has 2 aromatic rings. The van der Waals surface area contributed by atoms with Crippen LogP contribution in [0.25, 0.3) is 0 Å². The van der Waals surface area contributed by atoms with Crippen molar-refractivity contribution in [1.29, 1.82) is 0 Å². The number of carbonyl (C=O) groups excluding carboxylic acids is 2. The zero-order valence-electron chi connectivity index (χ0n) is 19.3. The molecule has 34 heavy (non-hydrogen) atoms. The molecule has 1 saturated heterocycles. The molecule has 1 atom stereocenters. The number of piperazine rings is 1. The Morgan fingerprint density at radius 1 is 0.853 bits per heavy atom. The molecule has 2 aliphatic carbocycles. The van der Waals surface area contributed by atoms with Gasteiger partial charge in [0.15, 0.2) is 0 Å². The van der Waals surface area contributed by atoms with Crippen molar-refractivity contribution in [2.75, 3.05) is 26.2 Å². The fourth-order valence-electron chi connectivity index (χ4n) is 5.23. The first-order valence-electron chi connectivity index (χ1n) is 12.2. The van der Waals surface area contributed by atoms with Gasteiger partial charge in [-0.25, -0.2) is 8.42 Å². The number of benzene rings is 2. The first-order valence-corrected chi connectivity index (χ1v) is 13.6. The average molecular weight is 482 g/mol. The van der Waals surface area contributed by atoms with E-state index in [4.69, 9.17) is 0 Å². The highest BCUT2D eigenvalue weighted by atomic mass is 32.2. The molecule has 5 rings (SSSR count). The number of rotatable bonds is 7. The fraction of sp³-hybridized carbons (Fsp3) is 0.462. The van der Waals surface area contributed by atoms with Crippen molar-refractivity contribution >= 4 is 21.8 Å². The van der Waals surface area contributed by atoms with Crippen LogP contribution >= 0.6 is 0 Å². The van der Waals surface area contributed by atoms with E-state index in [1.54, 1.807) is 35.2 Å². The van der Waals surface area contributed by atoms with Gasteiger partial charge in [0.1, 0.15) is 0 Å². The van der Waals surface area contributed by atoms with Crippen LogP contribution in [0.15, 0.2) is 59.5 Å². The first kappa shape index (κ1) is 23.1. The van der Waals surface area contributed by atoms with Gasteiger partial charge >= 0.3 is 0 Å². The average Bonchev–Trinajstić information content (AvgIpc) is 3.62. The van der Waals surface area contributed by atoms with E-state index in [0.717, 1.165) is 25.7 Å². The Kier molecular flexibility index (Phi) is 6.44. The van der Waals surface area contributed by atoms with Gasteiger partial charge in [0.25, 0.3) is 0 Å². The summed E-state index contributed by atoms with van der Waals surface area (Å²) in [6.45, 7) is 1.23. The van der Waals surface area contributed by atoms with Gasteiger partial charge in [0, 0.05) is 45.1 Å². The van der Waals surface area contributed by atoms with Gasteiger partial charge < -0.3 is 9.80 Å². The van der Waals surface area contributed by atoms with Crippen LogP contribution in [0, 0.1) is 0 Å². The molecule has 0 aromatic heterocycles. The first-order chi connectivity index (χ1) is 16.4. The highest BCUT2D eigenvalue weighted by Crippen LogP contribution is 2.42. The van der Waals surface area contributed by atoms with Gasteiger partial charge in [-0.15, -0.1) is 0 Å². The monoisotopic (exact) mass is 481 g/mol. The van der Waals surface area contributed by atoms with Gasteiger partial charge in [0.05, 0.1) is 10.9 Å². The Morgan fingerprint density at radius 3 is 2.24 bits per heavy atom. The van der Waals surface area contributed by atoms with Crippen molar-refractivity contribution in [3.05, 3.63) is 65.7 Å². The summed E-state index contributed by atoms with van der Waals surface area (Å²) in [5, 5.41) is 0. The number of fused-ring (bicyclic) bond motifs is 1. The topological polar surface area (TPSA) is 78.0 Å². The summed E-state index contributed by atoms with van der Waals surface area (Å²) >= 11 is 0. The van der Waals surface area contributed by atoms with Crippen molar-refractivity contribution in [1.82, 2.24) is 14.1 Å². The van der Waals surface area contributed by atoms with E-state index >= 15 is 0 Å². The molecule has 1 unspecified atom stereocenters. The predicted molar refractivity (Wildman–Crippen MR) is 128 cm³/mol. The standard InChI is InChI=1S/C26H31N3O4S/c30-25(27-16-18-28(19-17-27)34(32,33)22-7-2-1-3-8-22)14-15-26(31)29(21-11-12-21)24-13-10-20-6-4-5-9-23(20)24/h1-9,21,24H,10-19H2. The number of hydrogen-bond acceptors (Lipinski definition) is 4. The maximum atomic E-state index is 13.2. The van der Waals surface area contributed by atoms with Crippen molar-refractivity contribution < 1.29 is 18.0 Å². The number of aryl methyl sites for hydroxylation is 1. The van der Waals surface area contributed by atoms with E-state index in [-0.39, 0.29) is 48.7 Å². The molecule has 2 aromatic carbocycles. The zero-order valence-corrected chi connectivity index (χ0v) is 20.1. The van der Waals surface area contributed by atoms with Crippen LogP contribution in [0.3, 0.4) is 0 Å². The zero-order chi connectivity index (χ0) is 23.7. The molecular weight excluding hydrogens is 450 g/mol. The van der Waals surface area contributed by atoms with E-state index in [0.29, 0.717) is 19.1 Å². The lowest BCUT2D eigenvalue weighted by Crippen LogP contribution is -2.50. The normalized spacial score (nSPS) is 20.7. The van der Waals surface area contributed by atoms with E-state index in [1.807, 2.05) is 17.0 Å². The third kappa shape index (κ3) is 4.61.